The Morgan fingerprint density at radius 2 is 2.03 bits per heavy atom. The summed E-state index contributed by atoms with van der Waals surface area (Å²) in [6.45, 7) is 1.27. The molecule has 0 saturated heterocycles. The highest BCUT2D eigenvalue weighted by molar-refractivity contribution is 6.09. The van der Waals surface area contributed by atoms with Crippen LogP contribution in [0.4, 0.5) is 0 Å². The number of ketones is 1. The van der Waals surface area contributed by atoms with Crippen LogP contribution in [0.2, 0.25) is 0 Å². The van der Waals surface area contributed by atoms with E-state index in [1.165, 1.54) is 10.5 Å². The van der Waals surface area contributed by atoms with Gasteiger partial charge in [-0.05, 0) is 37.0 Å². The predicted octanol–water partition coefficient (Wildman–Crippen LogP) is 2.42. The Labute approximate surface area is 169 Å². The molecule has 0 bridgehead atoms. The van der Waals surface area contributed by atoms with E-state index in [9.17, 15) is 9.59 Å². The summed E-state index contributed by atoms with van der Waals surface area (Å²) in [6.07, 6.45) is 5.82. The first kappa shape index (κ1) is 19.5. The Kier molecular flexibility index (Phi) is 5.08. The Bertz CT molecular complexity index is 1010. The molecule has 0 N–H and O–H groups in total. The van der Waals surface area contributed by atoms with Crippen LogP contribution in [0.15, 0.2) is 24.4 Å². The lowest BCUT2D eigenvalue weighted by Crippen LogP contribution is -2.37. The maximum absolute atomic E-state index is 12.9. The first-order chi connectivity index (χ1) is 14.0. The standard InChI is InChI=1S/C22H25N3O4/c1-25(2)21(27)22(8-9-22)18(26)12-15-13-23-19-16(14-6-10-29-11-7-14)4-5-17(28-3)20(19)24-15/h4-6,13H,7-12H2,1-3H3. The lowest BCUT2D eigenvalue weighted by Gasteiger charge is -2.19. The molecule has 7 nitrogen and oxygen atoms in total. The van der Waals surface area contributed by atoms with Gasteiger partial charge in [0, 0.05) is 25.9 Å². The zero-order valence-corrected chi connectivity index (χ0v) is 17.0. The van der Waals surface area contributed by atoms with Crippen molar-refractivity contribution in [1.29, 1.82) is 0 Å². The summed E-state index contributed by atoms with van der Waals surface area (Å²) in [5.74, 6) is 0.401. The summed E-state index contributed by atoms with van der Waals surface area (Å²) >= 11 is 0. The molecule has 1 aromatic carbocycles. The molecule has 4 rings (SSSR count). The highest BCUT2D eigenvalue weighted by Crippen LogP contribution is 2.48. The maximum atomic E-state index is 12.9. The van der Waals surface area contributed by atoms with Gasteiger partial charge in [-0.25, -0.2) is 4.98 Å². The molecule has 1 aromatic heterocycles. The van der Waals surface area contributed by atoms with Crippen LogP contribution in [0.3, 0.4) is 0 Å². The molecule has 2 aliphatic rings. The number of amides is 1. The van der Waals surface area contributed by atoms with Crippen LogP contribution in [0.25, 0.3) is 16.6 Å². The van der Waals surface area contributed by atoms with Crippen molar-refractivity contribution >= 4 is 28.3 Å². The summed E-state index contributed by atoms with van der Waals surface area (Å²) in [7, 11) is 4.96. The number of aromatic nitrogens is 2. The number of hydrogen-bond acceptors (Lipinski definition) is 6. The summed E-state index contributed by atoms with van der Waals surface area (Å²) in [4.78, 5) is 36.1. The predicted molar refractivity (Wildman–Crippen MR) is 109 cm³/mol. The summed E-state index contributed by atoms with van der Waals surface area (Å²) in [6, 6.07) is 3.87. The van der Waals surface area contributed by atoms with E-state index in [1.807, 2.05) is 12.1 Å². The molecular weight excluding hydrogens is 370 g/mol. The fraction of sp³-hybridized carbons (Fsp3) is 0.455. The van der Waals surface area contributed by atoms with Crippen LogP contribution in [-0.2, 0) is 20.7 Å². The number of carbonyl (C=O) groups excluding carboxylic acids is 2. The minimum absolute atomic E-state index is 0.0897. The molecule has 1 aliphatic carbocycles. The number of nitrogens with zero attached hydrogens (tertiary/aromatic N) is 3. The van der Waals surface area contributed by atoms with Gasteiger partial charge in [-0.1, -0.05) is 6.08 Å². The first-order valence-corrected chi connectivity index (χ1v) is 9.81. The molecule has 29 heavy (non-hydrogen) atoms. The molecule has 7 heteroatoms. The largest absolute Gasteiger partial charge is 0.494 e. The van der Waals surface area contributed by atoms with Crippen molar-refractivity contribution in [2.75, 3.05) is 34.4 Å². The summed E-state index contributed by atoms with van der Waals surface area (Å²) in [5, 5.41) is 0. The van der Waals surface area contributed by atoms with Crippen molar-refractivity contribution in [2.45, 2.75) is 25.7 Å². The number of carbonyl (C=O) groups is 2. The Hall–Kier alpha value is -2.80. The normalized spacial score (nSPS) is 17.6. The summed E-state index contributed by atoms with van der Waals surface area (Å²) in [5.41, 5.74) is 3.24. The van der Waals surface area contributed by atoms with Crippen molar-refractivity contribution < 1.29 is 19.1 Å². The fourth-order valence-electron chi connectivity index (χ4n) is 3.89. The minimum Gasteiger partial charge on any atom is -0.494 e. The van der Waals surface area contributed by atoms with Crippen molar-refractivity contribution in [3.63, 3.8) is 0 Å². The SMILES string of the molecule is COc1ccc(C2=CCOCC2)c2ncc(CC(=O)C3(C(=O)N(C)C)CC3)nc12. The second kappa shape index (κ2) is 7.55. The number of benzene rings is 1. The van der Waals surface area contributed by atoms with E-state index in [-0.39, 0.29) is 18.1 Å². The fourth-order valence-corrected chi connectivity index (χ4v) is 3.89. The molecule has 2 aromatic rings. The second-order valence-corrected chi connectivity index (χ2v) is 7.81. The molecule has 0 radical (unpaired) electrons. The Morgan fingerprint density at radius 1 is 1.24 bits per heavy atom. The number of rotatable bonds is 6. The number of fused-ring (bicyclic) bond motifs is 1. The van der Waals surface area contributed by atoms with Gasteiger partial charge >= 0.3 is 0 Å². The van der Waals surface area contributed by atoms with Gasteiger partial charge in [0.2, 0.25) is 5.91 Å². The van der Waals surface area contributed by atoms with Gasteiger partial charge in [-0.2, -0.15) is 0 Å². The van der Waals surface area contributed by atoms with Crippen LogP contribution in [0.5, 0.6) is 5.75 Å². The average Bonchev–Trinajstić information content (AvgIpc) is 3.55. The third kappa shape index (κ3) is 3.51. The zero-order chi connectivity index (χ0) is 20.6. The van der Waals surface area contributed by atoms with Gasteiger partial charge < -0.3 is 14.4 Å². The molecule has 1 amide bonds. The van der Waals surface area contributed by atoms with Gasteiger partial charge in [-0.3, -0.25) is 14.6 Å². The molecular formula is C22H25N3O4. The van der Waals surface area contributed by atoms with Gasteiger partial charge in [0.1, 0.15) is 16.7 Å². The highest BCUT2D eigenvalue weighted by atomic mass is 16.5. The molecule has 1 saturated carbocycles. The first-order valence-electron chi connectivity index (χ1n) is 9.81. The van der Waals surface area contributed by atoms with E-state index in [1.54, 1.807) is 27.4 Å². The van der Waals surface area contributed by atoms with Crippen LogP contribution in [0, 0.1) is 5.41 Å². The van der Waals surface area contributed by atoms with Crippen molar-refractivity contribution in [3.8, 4) is 5.75 Å². The molecule has 0 unspecified atom stereocenters. The smallest absolute Gasteiger partial charge is 0.235 e. The molecule has 1 fully saturated rings. The Morgan fingerprint density at radius 3 is 2.66 bits per heavy atom. The maximum Gasteiger partial charge on any atom is 0.235 e. The topological polar surface area (TPSA) is 81.6 Å². The number of hydrogen-bond donors (Lipinski definition) is 0. The molecule has 1 aliphatic heterocycles. The minimum atomic E-state index is -0.876. The third-order valence-corrected chi connectivity index (χ3v) is 5.68. The lowest BCUT2D eigenvalue weighted by atomic mass is 9.95. The Balaban J connectivity index is 1.68. The van der Waals surface area contributed by atoms with E-state index in [0.29, 0.717) is 43.0 Å². The van der Waals surface area contributed by atoms with Gasteiger partial charge in [0.15, 0.2) is 5.78 Å². The highest BCUT2D eigenvalue weighted by Gasteiger charge is 2.56. The summed E-state index contributed by atoms with van der Waals surface area (Å²) < 4.78 is 10.9. The van der Waals surface area contributed by atoms with Crippen LogP contribution < -0.4 is 4.74 Å². The van der Waals surface area contributed by atoms with Gasteiger partial charge in [0.05, 0.1) is 38.0 Å². The third-order valence-electron chi connectivity index (χ3n) is 5.68. The van der Waals surface area contributed by atoms with E-state index in [2.05, 4.69) is 11.1 Å². The van der Waals surface area contributed by atoms with Crippen LogP contribution >= 0.6 is 0 Å². The number of ether oxygens (including phenoxy) is 2. The second-order valence-electron chi connectivity index (χ2n) is 7.81. The molecule has 0 atom stereocenters. The number of Topliss-reactive ketones (excluding diaryl/α,β-unsaturated/α-hetero) is 1. The monoisotopic (exact) mass is 395 g/mol. The average molecular weight is 395 g/mol. The van der Waals surface area contributed by atoms with Crippen LogP contribution in [-0.4, -0.2) is 61.0 Å². The van der Waals surface area contributed by atoms with Crippen molar-refractivity contribution in [3.05, 3.63) is 35.7 Å². The van der Waals surface area contributed by atoms with Gasteiger partial charge in [0.25, 0.3) is 0 Å². The zero-order valence-electron chi connectivity index (χ0n) is 17.0. The van der Waals surface area contributed by atoms with Crippen LogP contribution in [0.1, 0.15) is 30.5 Å². The quantitative estimate of drug-likeness (QED) is 0.699. The lowest BCUT2D eigenvalue weighted by molar-refractivity contribution is -0.141. The molecule has 152 valence electrons. The van der Waals surface area contributed by atoms with E-state index in [0.717, 1.165) is 17.5 Å². The van der Waals surface area contributed by atoms with E-state index < -0.39 is 5.41 Å². The van der Waals surface area contributed by atoms with Crippen molar-refractivity contribution in [1.82, 2.24) is 14.9 Å². The van der Waals surface area contributed by atoms with Gasteiger partial charge in [-0.15, -0.1) is 0 Å². The van der Waals surface area contributed by atoms with E-state index >= 15 is 0 Å². The molecule has 2 heterocycles. The van der Waals surface area contributed by atoms with E-state index in [4.69, 9.17) is 14.5 Å². The number of methoxy groups -OCH3 is 1. The van der Waals surface area contributed by atoms with Crippen molar-refractivity contribution in [2.24, 2.45) is 5.41 Å². The molecule has 0 spiro atoms.